The summed E-state index contributed by atoms with van der Waals surface area (Å²) in [6.45, 7) is 9.38. The van der Waals surface area contributed by atoms with Crippen LogP contribution in [0.1, 0.15) is 77.1 Å². The maximum Gasteiger partial charge on any atom is 0.354 e. The number of anilines is 1. The molecule has 2 heterocycles. The van der Waals surface area contributed by atoms with Crippen molar-refractivity contribution in [3.63, 3.8) is 0 Å². The van der Waals surface area contributed by atoms with Gasteiger partial charge in [-0.3, -0.25) is 19.3 Å². The van der Waals surface area contributed by atoms with Crippen molar-refractivity contribution in [2.24, 2.45) is 5.92 Å². The molecule has 0 radical (unpaired) electrons. The fourth-order valence-corrected chi connectivity index (χ4v) is 4.84. The van der Waals surface area contributed by atoms with E-state index in [1.54, 1.807) is 38.1 Å². The van der Waals surface area contributed by atoms with E-state index in [4.69, 9.17) is 4.74 Å². The van der Waals surface area contributed by atoms with Crippen LogP contribution in [0.25, 0.3) is 0 Å². The summed E-state index contributed by atoms with van der Waals surface area (Å²) in [5, 5.41) is 2.86. The van der Waals surface area contributed by atoms with E-state index >= 15 is 0 Å². The van der Waals surface area contributed by atoms with Crippen molar-refractivity contribution in [1.29, 1.82) is 0 Å². The molecule has 1 aromatic rings. The predicted octanol–water partition coefficient (Wildman–Crippen LogP) is 3.25. The van der Waals surface area contributed by atoms with E-state index in [0.29, 0.717) is 17.2 Å². The van der Waals surface area contributed by atoms with E-state index in [-0.39, 0.29) is 36.7 Å². The number of amides is 3. The van der Waals surface area contributed by atoms with Crippen LogP contribution in [0.4, 0.5) is 5.69 Å². The van der Waals surface area contributed by atoms with Gasteiger partial charge < -0.3 is 15.0 Å². The number of ether oxygens (including phenoxy) is 1. The fourth-order valence-electron chi connectivity index (χ4n) is 4.84. The molecular weight excluding hydrogens is 422 g/mol. The van der Waals surface area contributed by atoms with Gasteiger partial charge in [-0.25, -0.2) is 4.79 Å². The van der Waals surface area contributed by atoms with Crippen LogP contribution < -0.4 is 10.2 Å². The van der Waals surface area contributed by atoms with Crippen LogP contribution in [0.15, 0.2) is 24.3 Å². The highest BCUT2D eigenvalue weighted by Gasteiger charge is 2.62. The Balaban J connectivity index is 1.77. The van der Waals surface area contributed by atoms with Crippen molar-refractivity contribution < 1.29 is 23.9 Å². The minimum Gasteiger partial charge on any atom is -0.452 e. The van der Waals surface area contributed by atoms with Crippen LogP contribution >= 0.6 is 0 Å². The van der Waals surface area contributed by atoms with Gasteiger partial charge in [0.15, 0.2) is 6.61 Å². The lowest BCUT2D eigenvalue weighted by molar-refractivity contribution is -0.161. The number of benzene rings is 1. The summed E-state index contributed by atoms with van der Waals surface area (Å²) in [6, 6.07) is 6.39. The van der Waals surface area contributed by atoms with Gasteiger partial charge in [0.25, 0.3) is 11.8 Å². The highest BCUT2D eigenvalue weighted by atomic mass is 16.5. The molecule has 2 aliphatic rings. The lowest BCUT2D eigenvalue weighted by atomic mass is 9.95. The summed E-state index contributed by atoms with van der Waals surface area (Å²) in [5.74, 6) is -1.12. The van der Waals surface area contributed by atoms with Gasteiger partial charge in [-0.2, -0.15) is 0 Å². The Hall–Kier alpha value is -2.90. The maximum absolute atomic E-state index is 13.5. The number of carbonyl (C=O) groups excluding carboxylic acids is 4. The summed E-state index contributed by atoms with van der Waals surface area (Å²) in [6.07, 6.45) is 3.16. The van der Waals surface area contributed by atoms with Gasteiger partial charge >= 0.3 is 5.97 Å². The Morgan fingerprint density at radius 1 is 1.09 bits per heavy atom. The van der Waals surface area contributed by atoms with Gasteiger partial charge in [0.05, 0.1) is 11.3 Å². The van der Waals surface area contributed by atoms with E-state index in [9.17, 15) is 19.2 Å². The molecule has 180 valence electrons. The summed E-state index contributed by atoms with van der Waals surface area (Å²) < 4.78 is 5.44. The molecule has 33 heavy (non-hydrogen) atoms. The second-order valence-corrected chi connectivity index (χ2v) is 9.70. The minimum atomic E-state index is -1.58. The molecular formula is C25H35N3O5. The predicted molar refractivity (Wildman–Crippen MR) is 124 cm³/mol. The van der Waals surface area contributed by atoms with Crippen LogP contribution in [-0.2, 0) is 19.1 Å². The second kappa shape index (κ2) is 9.93. The van der Waals surface area contributed by atoms with E-state index in [0.717, 1.165) is 19.3 Å². The molecule has 2 atom stereocenters. The van der Waals surface area contributed by atoms with Crippen LogP contribution in [0.3, 0.4) is 0 Å². The van der Waals surface area contributed by atoms with Crippen molar-refractivity contribution in [3.8, 4) is 0 Å². The van der Waals surface area contributed by atoms with Crippen LogP contribution in [-0.4, -0.2) is 52.9 Å². The molecule has 1 aromatic carbocycles. The van der Waals surface area contributed by atoms with Crippen molar-refractivity contribution in [2.45, 2.75) is 84.5 Å². The normalized spacial score (nSPS) is 20.7. The lowest BCUT2D eigenvalue weighted by Crippen LogP contribution is -2.70. The van der Waals surface area contributed by atoms with Gasteiger partial charge in [-0.1, -0.05) is 38.8 Å². The second-order valence-electron chi connectivity index (χ2n) is 9.70. The number of carbonyl (C=O) groups is 4. The molecule has 0 aromatic heterocycles. The van der Waals surface area contributed by atoms with Crippen LogP contribution in [0.2, 0.25) is 0 Å². The first-order valence-electron chi connectivity index (χ1n) is 11.8. The molecule has 0 unspecified atom stereocenters. The van der Waals surface area contributed by atoms with Crippen molar-refractivity contribution in [3.05, 3.63) is 29.8 Å². The summed E-state index contributed by atoms with van der Waals surface area (Å²) in [5.41, 5.74) is -0.806. The van der Waals surface area contributed by atoms with E-state index in [1.165, 1.54) is 9.80 Å². The number of para-hydroxylation sites is 1. The quantitative estimate of drug-likeness (QED) is 0.574. The molecule has 3 rings (SSSR count). The van der Waals surface area contributed by atoms with Crippen LogP contribution in [0.5, 0.6) is 0 Å². The lowest BCUT2D eigenvalue weighted by Gasteiger charge is -2.50. The Labute approximate surface area is 195 Å². The molecule has 0 bridgehead atoms. The molecule has 0 saturated carbocycles. The first kappa shape index (κ1) is 24.7. The smallest absolute Gasteiger partial charge is 0.354 e. The van der Waals surface area contributed by atoms with Crippen molar-refractivity contribution in [2.75, 3.05) is 11.5 Å². The van der Waals surface area contributed by atoms with E-state index in [1.807, 2.05) is 6.92 Å². The zero-order valence-corrected chi connectivity index (χ0v) is 20.2. The largest absolute Gasteiger partial charge is 0.452 e. The minimum absolute atomic E-state index is 0.0343. The summed E-state index contributed by atoms with van der Waals surface area (Å²) >= 11 is 0. The Morgan fingerprint density at radius 3 is 2.45 bits per heavy atom. The average molecular weight is 458 g/mol. The fraction of sp³-hybridized carbons (Fsp3) is 0.600. The average Bonchev–Trinajstić information content (AvgIpc) is 3.09. The Kier molecular flexibility index (Phi) is 7.44. The van der Waals surface area contributed by atoms with Crippen molar-refractivity contribution >= 4 is 29.4 Å². The SMILES string of the molecule is CC(C)CCC[C@@H](C)NC(=O)COC(=O)[C@]12CCC(=O)N1c1ccccc1C(=O)N2C(C)C. The number of fused-ring (bicyclic) bond motifs is 3. The molecule has 1 fully saturated rings. The van der Waals surface area contributed by atoms with Crippen molar-refractivity contribution in [1.82, 2.24) is 10.2 Å². The molecule has 8 heteroatoms. The number of esters is 1. The summed E-state index contributed by atoms with van der Waals surface area (Å²) in [7, 11) is 0. The molecule has 1 saturated heterocycles. The standard InChI is InChI=1S/C25H35N3O5/c1-16(2)9-8-10-18(5)26-21(29)15-33-24(32)25-14-13-22(30)28(25)20-12-7-6-11-19(20)23(31)27(25)17(3)4/h6-7,11-12,16-18H,8-10,13-15H2,1-5H3,(H,26,29)/t18-,25+/m1/s1. The third kappa shape index (κ3) is 4.75. The van der Waals surface area contributed by atoms with Gasteiger partial charge in [-0.15, -0.1) is 0 Å². The van der Waals surface area contributed by atoms with Gasteiger partial charge in [-0.05, 0) is 45.2 Å². The molecule has 1 N–H and O–H groups in total. The number of hydrogen-bond donors (Lipinski definition) is 1. The molecule has 3 amide bonds. The third-order valence-electron chi connectivity index (χ3n) is 6.30. The maximum atomic E-state index is 13.5. The number of rotatable bonds is 9. The van der Waals surface area contributed by atoms with E-state index in [2.05, 4.69) is 19.2 Å². The highest BCUT2D eigenvalue weighted by Crippen LogP contribution is 2.45. The molecule has 0 spiro atoms. The zero-order valence-electron chi connectivity index (χ0n) is 20.2. The first-order valence-corrected chi connectivity index (χ1v) is 11.8. The monoisotopic (exact) mass is 457 g/mol. The van der Waals surface area contributed by atoms with Gasteiger partial charge in [0.1, 0.15) is 0 Å². The Bertz CT molecular complexity index is 928. The number of hydrogen-bond acceptors (Lipinski definition) is 5. The van der Waals surface area contributed by atoms with E-state index < -0.39 is 24.1 Å². The van der Waals surface area contributed by atoms with Gasteiger partial charge in [0.2, 0.25) is 11.6 Å². The highest BCUT2D eigenvalue weighted by molar-refractivity contribution is 6.15. The number of nitrogens with one attached hydrogen (secondary N) is 1. The van der Waals surface area contributed by atoms with Crippen LogP contribution in [0, 0.1) is 5.92 Å². The summed E-state index contributed by atoms with van der Waals surface area (Å²) in [4.78, 5) is 54.9. The van der Waals surface area contributed by atoms with Gasteiger partial charge in [0, 0.05) is 24.9 Å². The Morgan fingerprint density at radius 2 is 1.79 bits per heavy atom. The third-order valence-corrected chi connectivity index (χ3v) is 6.30. The number of nitrogens with zero attached hydrogens (tertiary/aromatic N) is 2. The molecule has 2 aliphatic heterocycles. The first-order chi connectivity index (χ1) is 15.6. The zero-order chi connectivity index (χ0) is 24.3. The molecule has 0 aliphatic carbocycles. The topological polar surface area (TPSA) is 96.0 Å². The molecule has 8 nitrogen and oxygen atoms in total.